The lowest BCUT2D eigenvalue weighted by molar-refractivity contribution is 0.154. The Balaban J connectivity index is 1.66. The summed E-state index contributed by atoms with van der Waals surface area (Å²) in [6.45, 7) is 1.70. The van der Waals surface area contributed by atoms with Crippen molar-refractivity contribution in [2.45, 2.75) is 18.9 Å². The Hall–Kier alpha value is -2.47. The molecule has 0 radical (unpaired) electrons. The zero-order chi connectivity index (χ0) is 14.9. The largest absolute Gasteiger partial charge is 0.391 e. The van der Waals surface area contributed by atoms with Crippen molar-refractivity contribution in [3.8, 4) is 11.3 Å². The molecule has 1 aliphatic heterocycles. The average molecular weight is 295 g/mol. The maximum absolute atomic E-state index is 9.80. The molecule has 1 saturated heterocycles. The van der Waals surface area contributed by atoms with Crippen molar-refractivity contribution in [1.82, 2.24) is 19.9 Å². The van der Waals surface area contributed by atoms with Crippen LogP contribution in [-0.2, 0) is 0 Å². The maximum Gasteiger partial charge on any atom is 0.181 e. The predicted molar refractivity (Wildman–Crippen MR) is 84.6 cm³/mol. The number of aromatic amines is 1. The minimum atomic E-state index is -0.222. The fourth-order valence-corrected chi connectivity index (χ4v) is 3.00. The van der Waals surface area contributed by atoms with Crippen LogP contribution in [0.5, 0.6) is 0 Å². The van der Waals surface area contributed by atoms with E-state index in [1.807, 2.05) is 0 Å². The number of anilines is 1. The molecule has 4 rings (SSSR count). The van der Waals surface area contributed by atoms with E-state index >= 15 is 0 Å². The summed E-state index contributed by atoms with van der Waals surface area (Å²) < 4.78 is 0. The Labute approximate surface area is 127 Å². The smallest absolute Gasteiger partial charge is 0.181 e. The van der Waals surface area contributed by atoms with Crippen LogP contribution in [-0.4, -0.2) is 44.2 Å². The molecule has 1 fully saturated rings. The first kappa shape index (κ1) is 13.2. The minimum absolute atomic E-state index is 0.222. The van der Waals surface area contributed by atoms with Crippen LogP contribution in [0.3, 0.4) is 0 Å². The van der Waals surface area contributed by atoms with E-state index < -0.39 is 0 Å². The number of hydrogen-bond donors (Lipinski definition) is 2. The number of aromatic nitrogens is 4. The van der Waals surface area contributed by atoms with E-state index in [0.717, 1.165) is 41.8 Å². The van der Waals surface area contributed by atoms with Gasteiger partial charge < -0.3 is 15.0 Å². The van der Waals surface area contributed by atoms with Gasteiger partial charge in [-0.05, 0) is 25.0 Å². The molecule has 3 heterocycles. The molecule has 0 saturated carbocycles. The summed E-state index contributed by atoms with van der Waals surface area (Å²) in [6, 6.07) is 8.27. The number of piperidine rings is 1. The number of nitrogens with one attached hydrogen (secondary N) is 1. The molecule has 112 valence electrons. The van der Waals surface area contributed by atoms with Crippen LogP contribution in [0.25, 0.3) is 22.4 Å². The monoisotopic (exact) mass is 295 g/mol. The van der Waals surface area contributed by atoms with Gasteiger partial charge in [0.2, 0.25) is 0 Å². The second kappa shape index (κ2) is 5.38. The minimum Gasteiger partial charge on any atom is -0.391 e. The van der Waals surface area contributed by atoms with E-state index in [9.17, 15) is 5.11 Å². The summed E-state index contributed by atoms with van der Waals surface area (Å²) >= 11 is 0. The molecule has 3 aromatic rings. The molecule has 2 N–H and O–H groups in total. The highest BCUT2D eigenvalue weighted by Crippen LogP contribution is 2.26. The number of imidazole rings is 1. The van der Waals surface area contributed by atoms with Crippen molar-refractivity contribution >= 4 is 16.9 Å². The number of benzene rings is 1. The molecule has 6 nitrogen and oxygen atoms in total. The first-order valence-electron chi connectivity index (χ1n) is 7.49. The third-order valence-corrected chi connectivity index (χ3v) is 4.13. The molecule has 2 aromatic heterocycles. The fraction of sp³-hybridized carbons (Fsp3) is 0.312. The second-order valence-electron chi connectivity index (χ2n) is 5.61. The van der Waals surface area contributed by atoms with Gasteiger partial charge in [0.15, 0.2) is 5.65 Å². The molecular formula is C16H17N5O. The summed E-state index contributed by atoms with van der Waals surface area (Å²) in [5, 5.41) is 9.80. The Kier molecular flexibility index (Phi) is 3.23. The second-order valence-corrected chi connectivity index (χ2v) is 5.61. The Morgan fingerprint density at radius 3 is 2.82 bits per heavy atom. The van der Waals surface area contributed by atoms with Gasteiger partial charge in [-0.2, -0.15) is 0 Å². The number of aliphatic hydroxyl groups is 1. The summed E-state index contributed by atoms with van der Waals surface area (Å²) in [5.41, 5.74) is 4.54. The van der Waals surface area contributed by atoms with Gasteiger partial charge in [0.25, 0.3) is 0 Å². The van der Waals surface area contributed by atoms with Gasteiger partial charge in [-0.25, -0.2) is 15.0 Å². The van der Waals surface area contributed by atoms with E-state index in [2.05, 4.69) is 49.1 Å². The summed E-state index contributed by atoms with van der Waals surface area (Å²) in [4.78, 5) is 18.0. The highest BCUT2D eigenvalue weighted by Gasteiger charge is 2.18. The van der Waals surface area contributed by atoms with Crippen molar-refractivity contribution in [3.05, 3.63) is 36.9 Å². The van der Waals surface area contributed by atoms with E-state index in [1.165, 1.54) is 6.33 Å². The first-order valence-corrected chi connectivity index (χ1v) is 7.49. The number of H-pyrrole nitrogens is 1. The van der Waals surface area contributed by atoms with Crippen LogP contribution in [0.2, 0.25) is 0 Å². The first-order chi connectivity index (χ1) is 10.8. The van der Waals surface area contributed by atoms with Crippen LogP contribution in [0.4, 0.5) is 5.69 Å². The van der Waals surface area contributed by atoms with Crippen LogP contribution >= 0.6 is 0 Å². The Bertz CT molecular complexity index is 783. The lowest BCUT2D eigenvalue weighted by Crippen LogP contribution is -2.38. The molecule has 0 unspecified atom stereocenters. The van der Waals surface area contributed by atoms with Gasteiger partial charge >= 0.3 is 0 Å². The molecule has 0 bridgehead atoms. The third-order valence-electron chi connectivity index (χ3n) is 4.13. The van der Waals surface area contributed by atoms with Gasteiger partial charge in [0.05, 0.1) is 18.1 Å². The lowest BCUT2D eigenvalue weighted by atomic mass is 10.1. The Morgan fingerprint density at radius 2 is 2.00 bits per heavy atom. The van der Waals surface area contributed by atoms with Gasteiger partial charge in [0, 0.05) is 24.3 Å². The number of aliphatic hydroxyl groups excluding tert-OH is 1. The van der Waals surface area contributed by atoms with E-state index in [4.69, 9.17) is 0 Å². The van der Waals surface area contributed by atoms with Crippen molar-refractivity contribution in [2.24, 2.45) is 0 Å². The van der Waals surface area contributed by atoms with Crippen molar-refractivity contribution in [2.75, 3.05) is 18.0 Å². The summed E-state index contributed by atoms with van der Waals surface area (Å²) in [6.07, 6.45) is 4.87. The molecule has 0 aliphatic carbocycles. The standard InChI is InChI=1S/C16H17N5O/c22-13-2-1-7-21(8-13)12-5-3-11(4-6-12)14-15-16(19-9-17-14)20-10-18-15/h3-6,9-10,13,22H,1-2,7-8H2,(H,17,18,19,20)/t13-/m0/s1. The summed E-state index contributed by atoms with van der Waals surface area (Å²) in [7, 11) is 0. The number of fused-ring (bicyclic) bond motifs is 1. The van der Waals surface area contributed by atoms with Crippen LogP contribution in [0.15, 0.2) is 36.9 Å². The van der Waals surface area contributed by atoms with E-state index in [0.29, 0.717) is 12.2 Å². The molecular weight excluding hydrogens is 278 g/mol. The van der Waals surface area contributed by atoms with Crippen molar-refractivity contribution in [1.29, 1.82) is 0 Å². The number of β-amino-alcohol motifs (C(OH)–C–C–N with tert-alkyl or cyclic N) is 1. The van der Waals surface area contributed by atoms with Crippen molar-refractivity contribution < 1.29 is 5.11 Å². The zero-order valence-electron chi connectivity index (χ0n) is 12.1. The quantitative estimate of drug-likeness (QED) is 0.756. The van der Waals surface area contributed by atoms with E-state index in [1.54, 1.807) is 6.33 Å². The highest BCUT2D eigenvalue weighted by molar-refractivity contribution is 5.86. The van der Waals surface area contributed by atoms with Crippen LogP contribution < -0.4 is 4.90 Å². The third kappa shape index (κ3) is 2.31. The van der Waals surface area contributed by atoms with E-state index in [-0.39, 0.29) is 6.10 Å². The van der Waals surface area contributed by atoms with Gasteiger partial charge in [-0.15, -0.1) is 0 Å². The zero-order valence-corrected chi connectivity index (χ0v) is 12.1. The normalized spacial score (nSPS) is 18.8. The maximum atomic E-state index is 9.80. The molecule has 1 aliphatic rings. The molecule has 0 amide bonds. The molecule has 0 spiro atoms. The number of rotatable bonds is 2. The number of hydrogen-bond acceptors (Lipinski definition) is 5. The van der Waals surface area contributed by atoms with Gasteiger partial charge in [0.1, 0.15) is 11.8 Å². The fourth-order valence-electron chi connectivity index (χ4n) is 3.00. The van der Waals surface area contributed by atoms with Crippen LogP contribution in [0, 0.1) is 0 Å². The lowest BCUT2D eigenvalue weighted by Gasteiger charge is -2.32. The predicted octanol–water partition coefficient (Wildman–Crippen LogP) is 1.98. The Morgan fingerprint density at radius 1 is 1.14 bits per heavy atom. The van der Waals surface area contributed by atoms with Crippen LogP contribution in [0.1, 0.15) is 12.8 Å². The SMILES string of the molecule is O[C@H]1CCCN(c2ccc(-c3ncnc4nc[nH]c34)cc2)C1. The molecule has 6 heteroatoms. The summed E-state index contributed by atoms with van der Waals surface area (Å²) in [5.74, 6) is 0. The highest BCUT2D eigenvalue weighted by atomic mass is 16.3. The van der Waals surface area contributed by atoms with Gasteiger partial charge in [-0.1, -0.05) is 12.1 Å². The number of nitrogens with zero attached hydrogens (tertiary/aromatic N) is 4. The molecule has 1 aromatic carbocycles. The molecule has 1 atom stereocenters. The average Bonchev–Trinajstić information content (AvgIpc) is 3.04. The van der Waals surface area contributed by atoms with Crippen molar-refractivity contribution in [3.63, 3.8) is 0 Å². The van der Waals surface area contributed by atoms with Gasteiger partial charge in [-0.3, -0.25) is 0 Å². The topological polar surface area (TPSA) is 77.9 Å². The molecule has 22 heavy (non-hydrogen) atoms.